The van der Waals surface area contributed by atoms with E-state index in [0.29, 0.717) is 11.4 Å². The SMILES string of the molecule is Cc1cc(C)c(S(=O)(=O)Nc2cnc(N3CCCCCCC3)c(C(=O)O)c2)cc1C. The highest BCUT2D eigenvalue weighted by Gasteiger charge is 2.22. The van der Waals surface area contributed by atoms with Gasteiger partial charge in [0.2, 0.25) is 0 Å². The van der Waals surface area contributed by atoms with E-state index in [-0.39, 0.29) is 16.1 Å². The van der Waals surface area contributed by atoms with Gasteiger partial charge in [-0.2, -0.15) is 0 Å². The van der Waals surface area contributed by atoms with Gasteiger partial charge in [-0.15, -0.1) is 0 Å². The Morgan fingerprint density at radius 3 is 2.20 bits per heavy atom. The van der Waals surface area contributed by atoms with Crippen LogP contribution < -0.4 is 9.62 Å². The van der Waals surface area contributed by atoms with Crippen LogP contribution in [0.5, 0.6) is 0 Å². The molecule has 162 valence electrons. The molecule has 1 aromatic heterocycles. The number of carboxylic acid groups (broad SMARTS) is 1. The summed E-state index contributed by atoms with van der Waals surface area (Å²) in [5.74, 6) is -0.724. The number of nitrogens with zero attached hydrogens (tertiary/aromatic N) is 2. The Morgan fingerprint density at radius 1 is 0.967 bits per heavy atom. The van der Waals surface area contributed by atoms with Crippen molar-refractivity contribution in [2.24, 2.45) is 0 Å². The second-order valence-corrected chi connectivity index (χ2v) is 9.61. The zero-order valence-corrected chi connectivity index (χ0v) is 18.6. The van der Waals surface area contributed by atoms with Crippen molar-refractivity contribution in [3.05, 3.63) is 46.6 Å². The van der Waals surface area contributed by atoms with Gasteiger partial charge in [-0.3, -0.25) is 4.72 Å². The normalized spacial score (nSPS) is 15.4. The smallest absolute Gasteiger partial charge is 0.339 e. The summed E-state index contributed by atoms with van der Waals surface area (Å²) in [7, 11) is -3.87. The van der Waals surface area contributed by atoms with E-state index in [1.807, 2.05) is 24.8 Å². The van der Waals surface area contributed by atoms with Crippen LogP contribution in [-0.2, 0) is 10.0 Å². The molecule has 1 saturated heterocycles. The summed E-state index contributed by atoms with van der Waals surface area (Å²) in [6.45, 7) is 7.03. The molecule has 2 heterocycles. The molecule has 7 nitrogen and oxygen atoms in total. The summed E-state index contributed by atoms with van der Waals surface area (Å²) in [5, 5.41) is 9.73. The molecule has 8 heteroatoms. The molecule has 1 aliphatic heterocycles. The molecule has 0 spiro atoms. The Bertz CT molecular complexity index is 1040. The molecule has 0 saturated carbocycles. The number of aryl methyl sites for hydroxylation is 3. The Balaban J connectivity index is 1.92. The molecule has 1 fully saturated rings. The second-order valence-electron chi connectivity index (χ2n) is 7.96. The van der Waals surface area contributed by atoms with Crippen molar-refractivity contribution in [2.45, 2.75) is 57.8 Å². The van der Waals surface area contributed by atoms with Crippen LogP contribution in [0.2, 0.25) is 0 Å². The third-order valence-corrected chi connectivity index (χ3v) is 7.11. The fourth-order valence-electron chi connectivity index (χ4n) is 3.82. The van der Waals surface area contributed by atoms with Crippen molar-refractivity contribution in [2.75, 3.05) is 22.7 Å². The van der Waals surface area contributed by atoms with Gasteiger partial charge in [-0.25, -0.2) is 18.2 Å². The average Bonchev–Trinajstić information content (AvgIpc) is 2.64. The molecule has 30 heavy (non-hydrogen) atoms. The van der Waals surface area contributed by atoms with Gasteiger partial charge in [0.05, 0.1) is 16.8 Å². The van der Waals surface area contributed by atoms with E-state index in [4.69, 9.17) is 0 Å². The summed E-state index contributed by atoms with van der Waals surface area (Å²) < 4.78 is 28.4. The summed E-state index contributed by atoms with van der Waals surface area (Å²) in [6, 6.07) is 4.82. The molecule has 0 atom stereocenters. The molecule has 2 N–H and O–H groups in total. The van der Waals surface area contributed by atoms with Crippen LogP contribution in [0.15, 0.2) is 29.3 Å². The van der Waals surface area contributed by atoms with Crippen LogP contribution in [0.3, 0.4) is 0 Å². The van der Waals surface area contributed by atoms with Crippen LogP contribution >= 0.6 is 0 Å². The Labute approximate surface area is 178 Å². The molecule has 0 amide bonds. The largest absolute Gasteiger partial charge is 0.478 e. The van der Waals surface area contributed by atoms with E-state index in [9.17, 15) is 18.3 Å². The minimum absolute atomic E-state index is 0.00702. The minimum Gasteiger partial charge on any atom is -0.478 e. The maximum Gasteiger partial charge on any atom is 0.339 e. The predicted octanol–water partition coefficient (Wildman–Crippen LogP) is 4.28. The number of benzene rings is 1. The van der Waals surface area contributed by atoms with Crippen LogP contribution in [0.25, 0.3) is 0 Å². The molecule has 2 aromatic rings. The van der Waals surface area contributed by atoms with Crippen molar-refractivity contribution in [3.63, 3.8) is 0 Å². The van der Waals surface area contributed by atoms with Gasteiger partial charge in [0.25, 0.3) is 10.0 Å². The van der Waals surface area contributed by atoms with Gasteiger partial charge in [0.15, 0.2) is 0 Å². The van der Waals surface area contributed by atoms with Gasteiger partial charge in [-0.1, -0.05) is 25.3 Å². The lowest BCUT2D eigenvalue weighted by molar-refractivity contribution is 0.0697. The highest BCUT2D eigenvalue weighted by molar-refractivity contribution is 7.92. The first kappa shape index (κ1) is 22.1. The Hall–Kier alpha value is -2.61. The van der Waals surface area contributed by atoms with E-state index in [0.717, 1.165) is 49.9 Å². The van der Waals surface area contributed by atoms with Crippen LogP contribution in [-0.4, -0.2) is 37.6 Å². The van der Waals surface area contributed by atoms with E-state index < -0.39 is 16.0 Å². The third-order valence-electron chi connectivity index (χ3n) is 5.59. The number of anilines is 2. The van der Waals surface area contributed by atoms with Crippen LogP contribution in [0, 0.1) is 20.8 Å². The molecule has 0 radical (unpaired) electrons. The van der Waals surface area contributed by atoms with Crippen molar-refractivity contribution >= 4 is 27.5 Å². The fraction of sp³-hybridized carbons (Fsp3) is 0.455. The van der Waals surface area contributed by atoms with Crippen LogP contribution in [0.4, 0.5) is 11.5 Å². The quantitative estimate of drug-likeness (QED) is 0.733. The second kappa shape index (κ2) is 9.04. The zero-order valence-electron chi connectivity index (χ0n) is 17.7. The molecular formula is C22H29N3O4S. The highest BCUT2D eigenvalue weighted by atomic mass is 32.2. The number of aromatic carboxylic acids is 1. The molecule has 1 aromatic carbocycles. The lowest BCUT2D eigenvalue weighted by Crippen LogP contribution is -2.29. The maximum absolute atomic E-state index is 12.9. The van der Waals surface area contributed by atoms with E-state index in [1.165, 1.54) is 18.7 Å². The third kappa shape index (κ3) is 4.92. The number of carboxylic acids is 1. The van der Waals surface area contributed by atoms with Gasteiger partial charge >= 0.3 is 5.97 Å². The molecule has 3 rings (SSSR count). The molecule has 0 bridgehead atoms. The van der Waals surface area contributed by atoms with Gasteiger partial charge in [0.1, 0.15) is 11.4 Å². The van der Waals surface area contributed by atoms with Gasteiger partial charge in [0, 0.05) is 13.1 Å². The molecule has 0 aliphatic carbocycles. The maximum atomic E-state index is 12.9. The number of aromatic nitrogens is 1. The zero-order chi connectivity index (χ0) is 21.9. The lowest BCUT2D eigenvalue weighted by Gasteiger charge is -2.27. The molecular weight excluding hydrogens is 402 g/mol. The van der Waals surface area contributed by atoms with Crippen molar-refractivity contribution < 1.29 is 18.3 Å². The summed E-state index contributed by atoms with van der Waals surface area (Å²) in [5.41, 5.74) is 2.67. The summed E-state index contributed by atoms with van der Waals surface area (Å²) >= 11 is 0. The van der Waals surface area contributed by atoms with E-state index >= 15 is 0 Å². The molecule has 0 unspecified atom stereocenters. The number of sulfonamides is 1. The topological polar surface area (TPSA) is 99.6 Å². The number of hydrogen-bond donors (Lipinski definition) is 2. The number of nitrogens with one attached hydrogen (secondary N) is 1. The predicted molar refractivity (Wildman–Crippen MR) is 118 cm³/mol. The van der Waals surface area contributed by atoms with Crippen molar-refractivity contribution in [1.29, 1.82) is 0 Å². The number of pyridine rings is 1. The number of rotatable bonds is 5. The Morgan fingerprint density at radius 2 is 1.57 bits per heavy atom. The fourth-order valence-corrected chi connectivity index (χ4v) is 5.16. The summed E-state index contributed by atoms with van der Waals surface area (Å²) in [6.07, 6.45) is 6.81. The summed E-state index contributed by atoms with van der Waals surface area (Å²) in [4.78, 5) is 18.4. The highest BCUT2D eigenvalue weighted by Crippen LogP contribution is 2.27. The van der Waals surface area contributed by atoms with Crippen molar-refractivity contribution in [3.8, 4) is 0 Å². The lowest BCUT2D eigenvalue weighted by atomic mass is 10.1. The first-order valence-electron chi connectivity index (χ1n) is 10.3. The number of hydrogen-bond acceptors (Lipinski definition) is 5. The van der Waals surface area contributed by atoms with Crippen molar-refractivity contribution in [1.82, 2.24) is 4.98 Å². The standard InChI is InChI=1S/C22H29N3O4S/c1-15-11-17(3)20(12-16(15)2)30(28,29)24-18-13-19(22(26)27)21(23-14-18)25-9-7-5-4-6-8-10-25/h11-14,24H,4-10H2,1-3H3,(H,26,27). The average molecular weight is 432 g/mol. The number of carbonyl (C=O) groups is 1. The first-order valence-corrected chi connectivity index (χ1v) is 11.8. The van der Waals surface area contributed by atoms with Gasteiger partial charge < -0.3 is 10.0 Å². The van der Waals surface area contributed by atoms with Gasteiger partial charge in [-0.05, 0) is 62.4 Å². The first-order chi connectivity index (χ1) is 14.2. The minimum atomic E-state index is -3.87. The van der Waals surface area contributed by atoms with E-state index in [2.05, 4.69) is 9.71 Å². The Kier molecular flexibility index (Phi) is 6.65. The van der Waals surface area contributed by atoms with Crippen LogP contribution in [0.1, 0.15) is 59.2 Å². The molecule has 1 aliphatic rings. The monoisotopic (exact) mass is 431 g/mol. The van der Waals surface area contributed by atoms with E-state index in [1.54, 1.807) is 13.0 Å².